The molecule has 2 aliphatic rings. The van der Waals surface area contributed by atoms with Gasteiger partial charge in [0.15, 0.2) is 0 Å². The van der Waals surface area contributed by atoms with E-state index in [-0.39, 0.29) is 5.54 Å². The molecule has 1 atom stereocenters. The van der Waals surface area contributed by atoms with Crippen molar-refractivity contribution in [3.8, 4) is 5.75 Å². The minimum Gasteiger partial charge on any atom is -0.497 e. The largest absolute Gasteiger partial charge is 0.497 e. The monoisotopic (exact) mass is 345 g/mol. The number of rotatable bonds is 5. The van der Waals surface area contributed by atoms with E-state index in [0.29, 0.717) is 5.91 Å². The lowest BCUT2D eigenvalue weighted by molar-refractivity contribution is -0.141. The van der Waals surface area contributed by atoms with Crippen LogP contribution in [0.4, 0.5) is 0 Å². The van der Waals surface area contributed by atoms with Gasteiger partial charge in [0.2, 0.25) is 5.91 Å². The fourth-order valence-corrected chi connectivity index (χ4v) is 4.00. The number of methoxy groups -OCH3 is 1. The highest BCUT2D eigenvalue weighted by Gasteiger charge is 2.40. The molecular weight excluding hydrogens is 314 g/mol. The molecule has 0 spiro atoms. The van der Waals surface area contributed by atoms with Crippen LogP contribution in [0.3, 0.4) is 0 Å². The molecule has 0 saturated carbocycles. The minimum absolute atomic E-state index is 0.309. The maximum Gasteiger partial charge on any atom is 0.242 e. The zero-order valence-corrected chi connectivity index (χ0v) is 15.6. The molecule has 138 valence electrons. The van der Waals surface area contributed by atoms with E-state index in [1.165, 1.54) is 12.0 Å². The van der Waals surface area contributed by atoms with Gasteiger partial charge in [0, 0.05) is 32.7 Å². The van der Waals surface area contributed by atoms with Gasteiger partial charge in [-0.1, -0.05) is 19.1 Å². The highest BCUT2D eigenvalue weighted by molar-refractivity contribution is 5.86. The standard InChI is InChI=1S/C20H31N3O2/c1-3-20(10-4-5-11-21-20)19(24)23-14-12-22(13-15-23)16-17-6-8-18(25-2)9-7-17/h6-9,21H,3-5,10-16H2,1-2H3/t20-/m0/s1. The zero-order chi connectivity index (χ0) is 17.7. The molecule has 2 aliphatic heterocycles. The highest BCUT2D eigenvalue weighted by Crippen LogP contribution is 2.26. The number of nitrogens with one attached hydrogen (secondary N) is 1. The molecule has 5 nitrogen and oxygen atoms in total. The second-order valence-electron chi connectivity index (χ2n) is 7.24. The Labute approximate surface area is 151 Å². The van der Waals surface area contributed by atoms with E-state index in [1.54, 1.807) is 7.11 Å². The van der Waals surface area contributed by atoms with Gasteiger partial charge < -0.3 is 15.0 Å². The molecule has 2 saturated heterocycles. The van der Waals surface area contributed by atoms with Crippen LogP contribution in [0.2, 0.25) is 0 Å². The van der Waals surface area contributed by atoms with Crippen molar-refractivity contribution >= 4 is 5.91 Å². The van der Waals surface area contributed by atoms with Crippen LogP contribution in [0.5, 0.6) is 5.75 Å². The van der Waals surface area contributed by atoms with Crippen molar-refractivity contribution in [1.82, 2.24) is 15.1 Å². The van der Waals surface area contributed by atoms with E-state index in [2.05, 4.69) is 34.2 Å². The minimum atomic E-state index is -0.309. The molecule has 0 aromatic heterocycles. The topological polar surface area (TPSA) is 44.8 Å². The van der Waals surface area contributed by atoms with Crippen molar-refractivity contribution in [3.63, 3.8) is 0 Å². The summed E-state index contributed by atoms with van der Waals surface area (Å²) in [5.41, 5.74) is 0.982. The van der Waals surface area contributed by atoms with Crippen molar-refractivity contribution in [2.75, 3.05) is 39.8 Å². The number of piperazine rings is 1. The molecule has 2 fully saturated rings. The van der Waals surface area contributed by atoms with Crippen LogP contribution in [-0.2, 0) is 11.3 Å². The summed E-state index contributed by atoms with van der Waals surface area (Å²) in [5, 5.41) is 3.52. The van der Waals surface area contributed by atoms with Crippen LogP contribution in [0.15, 0.2) is 24.3 Å². The maximum absolute atomic E-state index is 13.1. The van der Waals surface area contributed by atoms with Crippen molar-refractivity contribution in [3.05, 3.63) is 29.8 Å². The van der Waals surface area contributed by atoms with Crippen LogP contribution >= 0.6 is 0 Å². The summed E-state index contributed by atoms with van der Waals surface area (Å²) >= 11 is 0. The number of nitrogens with zero attached hydrogens (tertiary/aromatic N) is 2. The van der Waals surface area contributed by atoms with Gasteiger partial charge in [-0.25, -0.2) is 0 Å². The molecule has 0 unspecified atom stereocenters. The molecule has 1 aromatic rings. The Kier molecular flexibility index (Phi) is 5.97. The summed E-state index contributed by atoms with van der Waals surface area (Å²) in [6.07, 6.45) is 4.21. The molecule has 0 aliphatic carbocycles. The molecule has 0 radical (unpaired) electrons. The van der Waals surface area contributed by atoms with Crippen molar-refractivity contribution in [2.24, 2.45) is 0 Å². The molecule has 1 aromatic carbocycles. The molecule has 3 rings (SSSR count). The first-order chi connectivity index (χ1) is 12.2. The van der Waals surface area contributed by atoms with E-state index in [4.69, 9.17) is 4.74 Å². The SMILES string of the molecule is CC[C@@]1(C(=O)N2CCN(Cc3ccc(OC)cc3)CC2)CCCCN1. The molecule has 0 bridgehead atoms. The maximum atomic E-state index is 13.1. The lowest BCUT2D eigenvalue weighted by Gasteiger charge is -2.43. The van der Waals surface area contributed by atoms with Gasteiger partial charge in [-0.3, -0.25) is 9.69 Å². The third kappa shape index (κ3) is 4.15. The summed E-state index contributed by atoms with van der Waals surface area (Å²) in [4.78, 5) is 17.6. The van der Waals surface area contributed by atoms with Crippen molar-refractivity contribution < 1.29 is 9.53 Å². The normalized spacial score (nSPS) is 25.0. The summed E-state index contributed by atoms with van der Waals surface area (Å²) in [7, 11) is 1.69. The van der Waals surface area contributed by atoms with E-state index in [9.17, 15) is 4.79 Å². The van der Waals surface area contributed by atoms with Crippen molar-refractivity contribution in [1.29, 1.82) is 0 Å². The van der Waals surface area contributed by atoms with Gasteiger partial charge in [0.25, 0.3) is 0 Å². The molecule has 25 heavy (non-hydrogen) atoms. The second kappa shape index (κ2) is 8.19. The van der Waals surface area contributed by atoms with Gasteiger partial charge in [-0.2, -0.15) is 0 Å². The quantitative estimate of drug-likeness (QED) is 0.889. The summed E-state index contributed by atoms with van der Waals surface area (Å²) in [6.45, 7) is 7.59. The summed E-state index contributed by atoms with van der Waals surface area (Å²) in [5.74, 6) is 1.21. The number of hydrogen-bond acceptors (Lipinski definition) is 4. The van der Waals surface area contributed by atoms with Crippen molar-refractivity contribution in [2.45, 2.75) is 44.7 Å². The fraction of sp³-hybridized carbons (Fsp3) is 0.650. The molecule has 2 heterocycles. The van der Waals surface area contributed by atoms with E-state index in [0.717, 1.165) is 64.3 Å². The number of hydrogen-bond donors (Lipinski definition) is 1. The lowest BCUT2D eigenvalue weighted by Crippen LogP contribution is -2.62. The third-order valence-corrected chi connectivity index (χ3v) is 5.73. The Hall–Kier alpha value is -1.59. The summed E-state index contributed by atoms with van der Waals surface area (Å²) in [6, 6.07) is 8.26. The molecule has 1 amide bonds. The van der Waals surface area contributed by atoms with Gasteiger partial charge in [-0.15, -0.1) is 0 Å². The zero-order valence-electron chi connectivity index (χ0n) is 15.6. The lowest BCUT2D eigenvalue weighted by atomic mass is 9.85. The Morgan fingerprint density at radius 3 is 2.44 bits per heavy atom. The molecule has 1 N–H and O–H groups in total. The number of carbonyl (C=O) groups excluding carboxylic acids is 1. The number of carbonyl (C=O) groups is 1. The highest BCUT2D eigenvalue weighted by atomic mass is 16.5. The predicted octanol–water partition coefficient (Wildman–Crippen LogP) is 2.26. The second-order valence-corrected chi connectivity index (χ2v) is 7.24. The Morgan fingerprint density at radius 2 is 1.88 bits per heavy atom. The Morgan fingerprint density at radius 1 is 1.16 bits per heavy atom. The Balaban J connectivity index is 1.53. The van der Waals surface area contributed by atoms with Crippen LogP contribution in [0.25, 0.3) is 0 Å². The first-order valence-electron chi connectivity index (χ1n) is 9.56. The van der Waals surface area contributed by atoms with E-state index in [1.807, 2.05) is 12.1 Å². The first kappa shape index (κ1) is 18.2. The van der Waals surface area contributed by atoms with E-state index >= 15 is 0 Å². The Bertz CT molecular complexity index is 559. The average molecular weight is 345 g/mol. The van der Waals surface area contributed by atoms with Crippen LogP contribution < -0.4 is 10.1 Å². The molecular formula is C20H31N3O2. The smallest absolute Gasteiger partial charge is 0.242 e. The number of piperidine rings is 1. The number of amides is 1. The van der Waals surface area contributed by atoms with Gasteiger partial charge in [0.05, 0.1) is 12.6 Å². The van der Waals surface area contributed by atoms with Gasteiger partial charge in [0.1, 0.15) is 5.75 Å². The molecule has 5 heteroatoms. The third-order valence-electron chi connectivity index (χ3n) is 5.73. The van der Waals surface area contributed by atoms with Gasteiger partial charge in [-0.05, 0) is 49.9 Å². The average Bonchev–Trinajstić information content (AvgIpc) is 2.69. The van der Waals surface area contributed by atoms with E-state index < -0.39 is 0 Å². The number of benzene rings is 1. The van der Waals surface area contributed by atoms with Gasteiger partial charge >= 0.3 is 0 Å². The fourth-order valence-electron chi connectivity index (χ4n) is 4.00. The van der Waals surface area contributed by atoms with Crippen LogP contribution in [0.1, 0.15) is 38.2 Å². The van der Waals surface area contributed by atoms with Crippen LogP contribution in [-0.4, -0.2) is 61.1 Å². The van der Waals surface area contributed by atoms with Crippen LogP contribution in [0, 0.1) is 0 Å². The first-order valence-corrected chi connectivity index (χ1v) is 9.56. The number of ether oxygens (including phenoxy) is 1. The predicted molar refractivity (Wildman–Crippen MR) is 99.7 cm³/mol. The summed E-state index contributed by atoms with van der Waals surface area (Å²) < 4.78 is 5.21.